The second-order valence-electron chi connectivity index (χ2n) is 4.77. The molecule has 0 saturated carbocycles. The maximum absolute atomic E-state index is 14.2. The van der Waals surface area contributed by atoms with Crippen LogP contribution in [0.1, 0.15) is 15.4 Å². The molecule has 0 fully saturated rings. The van der Waals surface area contributed by atoms with E-state index < -0.39 is 26.7 Å². The normalized spacial score (nSPS) is 11.8. The van der Waals surface area contributed by atoms with E-state index >= 15 is 0 Å². The van der Waals surface area contributed by atoms with Gasteiger partial charge in [0, 0.05) is 10.1 Å². The van der Waals surface area contributed by atoms with Crippen LogP contribution in [-0.2, 0) is 21.3 Å². The molecule has 0 spiro atoms. The smallest absolute Gasteiger partial charge is 0.349 e. The zero-order valence-corrected chi connectivity index (χ0v) is 14.0. The van der Waals surface area contributed by atoms with E-state index in [1.165, 1.54) is 12.3 Å². The summed E-state index contributed by atoms with van der Waals surface area (Å²) in [5.41, 5.74) is 0. The van der Waals surface area contributed by atoms with Crippen LogP contribution in [0.2, 0.25) is 0 Å². The Hall–Kier alpha value is -2.23. The quantitative estimate of drug-likeness (QED) is 0.699. The molecule has 0 radical (unpaired) electrons. The molecule has 6 nitrogen and oxygen atoms in total. The van der Waals surface area contributed by atoms with Gasteiger partial charge in [0.25, 0.3) is 0 Å². The van der Waals surface area contributed by atoms with E-state index in [-0.39, 0.29) is 16.8 Å². The molecule has 1 N–H and O–H groups in total. The van der Waals surface area contributed by atoms with Gasteiger partial charge in [-0.15, -0.1) is 11.3 Å². The van der Waals surface area contributed by atoms with Crippen LogP contribution in [0.5, 0.6) is 0 Å². The summed E-state index contributed by atoms with van der Waals surface area (Å²) in [7, 11) is -3.03. The lowest BCUT2D eigenvalue weighted by molar-refractivity contribution is 0.0602. The number of carbonyl (C=O) groups excluding carboxylic acids is 1. The van der Waals surface area contributed by atoms with E-state index in [0.29, 0.717) is 10.5 Å². The Kier molecular flexibility index (Phi) is 4.39. The monoisotopic (exact) mass is 369 g/mol. The van der Waals surface area contributed by atoms with Crippen molar-refractivity contribution in [2.75, 3.05) is 7.11 Å². The number of rotatable bonds is 5. The number of esters is 1. The molecule has 0 aliphatic heterocycles. The van der Waals surface area contributed by atoms with Gasteiger partial charge in [-0.05, 0) is 24.3 Å². The molecule has 0 aliphatic rings. The Morgan fingerprint density at radius 3 is 2.79 bits per heavy atom. The molecule has 24 heavy (non-hydrogen) atoms. The molecule has 0 saturated heterocycles. The van der Waals surface area contributed by atoms with Crippen molar-refractivity contribution in [2.45, 2.75) is 11.4 Å². The Morgan fingerprint density at radius 1 is 1.33 bits per heavy atom. The topological polar surface area (TPSA) is 85.6 Å². The Morgan fingerprint density at radius 2 is 2.12 bits per heavy atom. The van der Waals surface area contributed by atoms with Gasteiger partial charge in [0.05, 0.1) is 19.9 Å². The lowest BCUT2D eigenvalue weighted by atomic mass is 10.2. The lowest BCUT2D eigenvalue weighted by Gasteiger charge is -2.07. The first kappa shape index (κ1) is 16.6. The van der Waals surface area contributed by atoms with Crippen LogP contribution < -0.4 is 4.72 Å². The van der Waals surface area contributed by atoms with Crippen molar-refractivity contribution >= 4 is 37.4 Å². The van der Waals surface area contributed by atoms with E-state index in [1.54, 1.807) is 18.2 Å². The fourth-order valence-corrected chi connectivity index (χ4v) is 5.04. The second-order valence-corrected chi connectivity index (χ2v) is 7.52. The zero-order chi connectivity index (χ0) is 17.3. The van der Waals surface area contributed by atoms with Gasteiger partial charge in [0.1, 0.15) is 21.4 Å². The summed E-state index contributed by atoms with van der Waals surface area (Å²) in [6.07, 6.45) is 1.41. The summed E-state index contributed by atoms with van der Waals surface area (Å²) in [6.45, 7) is -0.123. The van der Waals surface area contributed by atoms with Crippen LogP contribution in [0.3, 0.4) is 0 Å². The number of hydrogen-bond donors (Lipinski definition) is 1. The van der Waals surface area contributed by atoms with Crippen molar-refractivity contribution in [3.8, 4) is 0 Å². The number of carbonyl (C=O) groups is 1. The molecule has 9 heteroatoms. The first-order valence-corrected chi connectivity index (χ1v) is 9.05. The Bertz CT molecular complexity index is 992. The summed E-state index contributed by atoms with van der Waals surface area (Å²) < 4.78 is 51.9. The van der Waals surface area contributed by atoms with Crippen molar-refractivity contribution in [3.63, 3.8) is 0 Å². The van der Waals surface area contributed by atoms with Crippen LogP contribution in [0.25, 0.3) is 10.1 Å². The third kappa shape index (κ3) is 2.93. The Labute approximate surface area is 140 Å². The summed E-state index contributed by atoms with van der Waals surface area (Å²) in [5, 5.41) is -0.130. The summed E-state index contributed by atoms with van der Waals surface area (Å²) >= 11 is 0.864. The zero-order valence-electron chi connectivity index (χ0n) is 12.4. The van der Waals surface area contributed by atoms with Gasteiger partial charge >= 0.3 is 5.97 Å². The van der Waals surface area contributed by atoms with Crippen molar-refractivity contribution in [3.05, 3.63) is 53.0 Å². The van der Waals surface area contributed by atoms with Gasteiger partial charge in [-0.3, -0.25) is 0 Å². The second kappa shape index (κ2) is 6.34. The van der Waals surface area contributed by atoms with E-state index in [0.717, 1.165) is 24.5 Å². The summed E-state index contributed by atoms with van der Waals surface area (Å²) in [4.78, 5) is 11.4. The summed E-state index contributed by atoms with van der Waals surface area (Å²) in [6, 6.07) is 7.34. The number of thiophene rings is 1. The first-order chi connectivity index (χ1) is 11.4. The van der Waals surface area contributed by atoms with Crippen LogP contribution >= 0.6 is 11.3 Å². The maximum Gasteiger partial charge on any atom is 0.349 e. The third-order valence-corrected chi connectivity index (χ3v) is 6.01. The SMILES string of the molecule is COC(=O)c1sc2cccc(F)c2c1S(=O)(=O)NCc1ccco1. The number of methoxy groups -OCH3 is 1. The average Bonchev–Trinajstić information content (AvgIpc) is 3.20. The molecule has 3 rings (SSSR count). The number of nitrogens with one attached hydrogen (secondary N) is 1. The molecule has 2 heterocycles. The van der Waals surface area contributed by atoms with Gasteiger partial charge in [0.2, 0.25) is 10.0 Å². The number of hydrogen-bond acceptors (Lipinski definition) is 6. The maximum atomic E-state index is 14.2. The fourth-order valence-electron chi connectivity index (χ4n) is 2.21. The minimum Gasteiger partial charge on any atom is -0.468 e. The van der Waals surface area contributed by atoms with Crippen LogP contribution in [0.15, 0.2) is 45.9 Å². The molecular weight excluding hydrogens is 357 g/mol. The molecule has 1 aromatic carbocycles. The average molecular weight is 369 g/mol. The van der Waals surface area contributed by atoms with Crippen molar-refractivity contribution in [1.29, 1.82) is 0 Å². The van der Waals surface area contributed by atoms with Gasteiger partial charge < -0.3 is 9.15 Å². The largest absolute Gasteiger partial charge is 0.468 e. The van der Waals surface area contributed by atoms with Crippen LogP contribution in [-0.4, -0.2) is 21.5 Å². The first-order valence-electron chi connectivity index (χ1n) is 6.75. The van der Waals surface area contributed by atoms with E-state index in [2.05, 4.69) is 9.46 Å². The van der Waals surface area contributed by atoms with Crippen molar-refractivity contribution in [1.82, 2.24) is 4.72 Å². The highest BCUT2D eigenvalue weighted by Gasteiger charge is 2.30. The molecule has 0 atom stereocenters. The van der Waals surface area contributed by atoms with Crippen LogP contribution in [0, 0.1) is 5.82 Å². The fraction of sp³-hybridized carbons (Fsp3) is 0.133. The molecular formula is C15H12FNO5S2. The number of furan rings is 1. The molecule has 3 aromatic rings. The van der Waals surface area contributed by atoms with Gasteiger partial charge in [0.15, 0.2) is 0 Å². The van der Waals surface area contributed by atoms with E-state index in [9.17, 15) is 17.6 Å². The van der Waals surface area contributed by atoms with Gasteiger partial charge in [-0.1, -0.05) is 6.07 Å². The molecule has 0 aliphatic carbocycles. The number of halogens is 1. The highest BCUT2D eigenvalue weighted by atomic mass is 32.2. The molecule has 0 unspecified atom stereocenters. The van der Waals surface area contributed by atoms with Gasteiger partial charge in [-0.25, -0.2) is 22.3 Å². The van der Waals surface area contributed by atoms with Crippen molar-refractivity contribution < 1.29 is 26.8 Å². The highest BCUT2D eigenvalue weighted by molar-refractivity contribution is 7.90. The third-order valence-electron chi connectivity index (χ3n) is 3.28. The number of benzene rings is 1. The lowest BCUT2D eigenvalue weighted by Crippen LogP contribution is -2.24. The number of ether oxygens (including phenoxy) is 1. The predicted molar refractivity (Wildman–Crippen MR) is 85.9 cm³/mol. The number of sulfonamides is 1. The molecule has 126 valence electrons. The minimum absolute atomic E-state index is 0.123. The van der Waals surface area contributed by atoms with Crippen molar-refractivity contribution in [2.24, 2.45) is 0 Å². The van der Waals surface area contributed by atoms with E-state index in [1.807, 2.05) is 0 Å². The molecule has 0 bridgehead atoms. The standard InChI is InChI=1S/C15H12FNO5S2/c1-21-15(18)13-14(12-10(16)5-2-6-11(12)23-13)24(19,20)17-8-9-4-3-7-22-9/h2-7,17H,8H2,1H3. The van der Waals surface area contributed by atoms with Crippen LogP contribution in [0.4, 0.5) is 4.39 Å². The summed E-state index contributed by atoms with van der Waals surface area (Å²) in [5.74, 6) is -1.18. The Balaban J connectivity index is 2.13. The minimum atomic E-state index is -4.17. The molecule has 0 amide bonds. The predicted octanol–water partition coefficient (Wildman–Crippen LogP) is 2.90. The van der Waals surface area contributed by atoms with Gasteiger partial charge in [-0.2, -0.15) is 0 Å². The van der Waals surface area contributed by atoms with E-state index in [4.69, 9.17) is 4.42 Å². The number of fused-ring (bicyclic) bond motifs is 1. The highest BCUT2D eigenvalue weighted by Crippen LogP contribution is 2.36. The molecule has 2 aromatic heterocycles.